The van der Waals surface area contributed by atoms with Gasteiger partial charge in [-0.1, -0.05) is 43.7 Å². The third-order valence-corrected chi connectivity index (χ3v) is 4.77. The van der Waals surface area contributed by atoms with Crippen LogP contribution in [0.2, 0.25) is 0 Å². The minimum atomic E-state index is 0.117. The summed E-state index contributed by atoms with van der Waals surface area (Å²) in [6, 6.07) is 10.4. The molecule has 0 radical (unpaired) electrons. The summed E-state index contributed by atoms with van der Waals surface area (Å²) in [6.45, 7) is 9.92. The van der Waals surface area contributed by atoms with E-state index in [1.165, 1.54) is 5.56 Å². The van der Waals surface area contributed by atoms with E-state index >= 15 is 0 Å². The lowest BCUT2D eigenvalue weighted by molar-refractivity contribution is 0.0487. The predicted molar refractivity (Wildman–Crippen MR) is 119 cm³/mol. The molecule has 1 unspecified atom stereocenters. The summed E-state index contributed by atoms with van der Waals surface area (Å²) >= 11 is 0. The molecule has 1 atom stereocenters. The summed E-state index contributed by atoms with van der Waals surface area (Å²) < 4.78 is 13.1. The van der Waals surface area contributed by atoms with E-state index in [1.807, 2.05) is 36.7 Å². The molecule has 0 aliphatic carbocycles. The van der Waals surface area contributed by atoms with Gasteiger partial charge in [-0.2, -0.15) is 0 Å². The Hall–Kier alpha value is -2.45. The largest absolute Gasteiger partial charge is 0.379 e. The number of benzene rings is 1. The van der Waals surface area contributed by atoms with Gasteiger partial charge in [0.15, 0.2) is 11.8 Å². The van der Waals surface area contributed by atoms with Gasteiger partial charge in [0, 0.05) is 20.2 Å². The van der Waals surface area contributed by atoms with Gasteiger partial charge in [0.2, 0.25) is 0 Å². The smallest absolute Gasteiger partial charge is 0.192 e. The van der Waals surface area contributed by atoms with E-state index in [-0.39, 0.29) is 6.04 Å². The number of nitrogens with zero attached hydrogens (tertiary/aromatic N) is 4. The molecule has 0 fully saturated rings. The fourth-order valence-electron chi connectivity index (χ4n) is 2.73. The van der Waals surface area contributed by atoms with Crippen LogP contribution < -0.4 is 10.6 Å². The second-order valence-corrected chi connectivity index (χ2v) is 7.17. The van der Waals surface area contributed by atoms with Crippen LogP contribution in [-0.4, -0.2) is 53.7 Å². The molecule has 166 valence electrons. The summed E-state index contributed by atoms with van der Waals surface area (Å²) in [4.78, 5) is 4.69. The molecular formula is C22H36N6O2. The van der Waals surface area contributed by atoms with Gasteiger partial charge in [0.05, 0.1) is 25.9 Å². The fraction of sp³-hybridized carbons (Fsp3) is 0.591. The van der Waals surface area contributed by atoms with E-state index in [0.29, 0.717) is 32.9 Å². The van der Waals surface area contributed by atoms with Crippen LogP contribution in [0.25, 0.3) is 0 Å². The van der Waals surface area contributed by atoms with E-state index in [9.17, 15) is 0 Å². The number of aryl methyl sites for hydroxylation is 1. The average Bonchev–Trinajstić information content (AvgIpc) is 3.08. The van der Waals surface area contributed by atoms with Gasteiger partial charge in [-0.15, -0.1) is 10.2 Å². The molecule has 0 saturated heterocycles. The molecule has 8 heteroatoms. The molecule has 0 aliphatic rings. The minimum absolute atomic E-state index is 0.117. The van der Waals surface area contributed by atoms with E-state index in [1.54, 1.807) is 0 Å². The Morgan fingerprint density at radius 1 is 1.10 bits per heavy atom. The van der Waals surface area contributed by atoms with Gasteiger partial charge in [0.1, 0.15) is 12.4 Å². The first-order chi connectivity index (χ1) is 14.6. The number of rotatable bonds is 13. The van der Waals surface area contributed by atoms with Crippen molar-refractivity contribution in [1.29, 1.82) is 0 Å². The Kier molecular flexibility index (Phi) is 10.9. The zero-order chi connectivity index (χ0) is 21.6. The van der Waals surface area contributed by atoms with Crippen molar-refractivity contribution in [2.24, 2.45) is 12.0 Å². The first-order valence-corrected chi connectivity index (χ1v) is 10.7. The Bertz CT molecular complexity index is 747. The first kappa shape index (κ1) is 23.8. The van der Waals surface area contributed by atoms with Crippen molar-refractivity contribution in [3.8, 4) is 0 Å². The molecule has 0 bridgehead atoms. The Labute approximate surface area is 180 Å². The van der Waals surface area contributed by atoms with Crippen molar-refractivity contribution in [3.63, 3.8) is 0 Å². The van der Waals surface area contributed by atoms with Crippen molar-refractivity contribution in [2.75, 3.05) is 33.0 Å². The number of aliphatic imine (C=N–C) groups is 1. The fourth-order valence-corrected chi connectivity index (χ4v) is 2.73. The third kappa shape index (κ3) is 8.51. The summed E-state index contributed by atoms with van der Waals surface area (Å²) in [6.07, 6.45) is 2.24. The van der Waals surface area contributed by atoms with Crippen LogP contribution in [0.4, 0.5) is 0 Å². The first-order valence-electron chi connectivity index (χ1n) is 10.7. The molecule has 0 amide bonds. The maximum Gasteiger partial charge on any atom is 0.192 e. The minimum Gasteiger partial charge on any atom is -0.379 e. The predicted octanol–water partition coefficient (Wildman–Crippen LogP) is 2.75. The maximum absolute atomic E-state index is 5.64. The van der Waals surface area contributed by atoms with Crippen LogP contribution in [-0.2, 0) is 23.1 Å². The van der Waals surface area contributed by atoms with E-state index in [2.05, 4.69) is 46.8 Å². The zero-order valence-corrected chi connectivity index (χ0v) is 18.7. The summed E-state index contributed by atoms with van der Waals surface area (Å²) in [5, 5.41) is 15.1. The average molecular weight is 417 g/mol. The van der Waals surface area contributed by atoms with Crippen LogP contribution in [0.15, 0.2) is 35.3 Å². The summed E-state index contributed by atoms with van der Waals surface area (Å²) in [5.74, 6) is 2.41. The van der Waals surface area contributed by atoms with E-state index in [4.69, 9.17) is 14.5 Å². The zero-order valence-electron chi connectivity index (χ0n) is 18.7. The number of ether oxygens (including phenoxy) is 2. The molecule has 2 N–H and O–H groups in total. The van der Waals surface area contributed by atoms with Crippen molar-refractivity contribution in [2.45, 2.75) is 46.2 Å². The second-order valence-electron chi connectivity index (χ2n) is 7.17. The van der Waals surface area contributed by atoms with Gasteiger partial charge < -0.3 is 24.7 Å². The number of guanidine groups is 1. The maximum atomic E-state index is 5.64. The highest BCUT2D eigenvalue weighted by molar-refractivity contribution is 5.80. The van der Waals surface area contributed by atoms with Gasteiger partial charge in [-0.25, -0.2) is 4.99 Å². The molecule has 8 nitrogen and oxygen atoms in total. The van der Waals surface area contributed by atoms with Gasteiger partial charge >= 0.3 is 0 Å². The van der Waals surface area contributed by atoms with Crippen molar-refractivity contribution < 1.29 is 9.47 Å². The molecule has 30 heavy (non-hydrogen) atoms. The molecule has 0 aliphatic heterocycles. The summed E-state index contributed by atoms with van der Waals surface area (Å²) in [5.41, 5.74) is 1.20. The molecule has 2 rings (SSSR count). The molecular weight excluding hydrogens is 380 g/mol. The summed E-state index contributed by atoms with van der Waals surface area (Å²) in [7, 11) is 1.95. The quantitative estimate of drug-likeness (QED) is 0.297. The lowest BCUT2D eigenvalue weighted by Crippen LogP contribution is -2.40. The second kappa shape index (κ2) is 13.7. The van der Waals surface area contributed by atoms with Crippen LogP contribution in [0.1, 0.15) is 49.9 Å². The Balaban J connectivity index is 1.84. The molecule has 0 saturated carbocycles. The monoisotopic (exact) mass is 416 g/mol. The van der Waals surface area contributed by atoms with Crippen molar-refractivity contribution in [1.82, 2.24) is 25.4 Å². The highest BCUT2D eigenvalue weighted by atomic mass is 16.5. The van der Waals surface area contributed by atoms with E-state index < -0.39 is 0 Å². The van der Waals surface area contributed by atoms with Crippen LogP contribution in [0.5, 0.6) is 0 Å². The molecule has 1 heterocycles. The van der Waals surface area contributed by atoms with Crippen LogP contribution in [0, 0.1) is 6.92 Å². The lowest BCUT2D eigenvalue weighted by Gasteiger charge is -2.19. The highest BCUT2D eigenvalue weighted by Gasteiger charge is 2.09. The number of hydrogen-bond acceptors (Lipinski definition) is 5. The van der Waals surface area contributed by atoms with Gasteiger partial charge in [-0.05, 0) is 25.8 Å². The van der Waals surface area contributed by atoms with E-state index in [0.717, 1.165) is 37.1 Å². The van der Waals surface area contributed by atoms with Gasteiger partial charge in [0.25, 0.3) is 0 Å². The SMILES string of the molecule is CCCCOCCOCCNC(=NCc1nnc(C)n1C)NC(C)c1ccccc1. The number of hydrogen-bond donors (Lipinski definition) is 2. The molecule has 1 aromatic heterocycles. The topological polar surface area (TPSA) is 85.6 Å². The van der Waals surface area contributed by atoms with Crippen LogP contribution >= 0.6 is 0 Å². The van der Waals surface area contributed by atoms with Crippen molar-refractivity contribution >= 4 is 5.96 Å². The third-order valence-electron chi connectivity index (χ3n) is 4.77. The normalized spacial score (nSPS) is 12.7. The molecule has 2 aromatic rings. The van der Waals surface area contributed by atoms with Crippen LogP contribution in [0.3, 0.4) is 0 Å². The Morgan fingerprint density at radius 2 is 1.83 bits per heavy atom. The molecule has 0 spiro atoms. The standard InChI is InChI=1S/C22H36N6O2/c1-5-6-13-29-15-16-30-14-12-23-22(24-17-21-27-26-19(3)28(21)4)25-18(2)20-10-8-7-9-11-20/h7-11,18H,5-6,12-17H2,1-4H3,(H2,23,24,25). The molecule has 1 aromatic carbocycles. The number of aromatic nitrogens is 3. The highest BCUT2D eigenvalue weighted by Crippen LogP contribution is 2.11. The van der Waals surface area contributed by atoms with Gasteiger partial charge in [-0.3, -0.25) is 0 Å². The Morgan fingerprint density at radius 3 is 2.50 bits per heavy atom. The number of unbranched alkanes of at least 4 members (excludes halogenated alkanes) is 1. The number of nitrogens with one attached hydrogen (secondary N) is 2. The van der Waals surface area contributed by atoms with Crippen molar-refractivity contribution in [3.05, 3.63) is 47.5 Å². The lowest BCUT2D eigenvalue weighted by atomic mass is 10.1.